The number of furan rings is 1. The molecule has 1 aliphatic carbocycles. The molecule has 0 spiro atoms. The fourth-order valence-corrected chi connectivity index (χ4v) is 8.96. The van der Waals surface area contributed by atoms with Gasteiger partial charge in [0.15, 0.2) is 5.82 Å². The Morgan fingerprint density at radius 1 is 0.351 bits per heavy atom. The van der Waals surface area contributed by atoms with Gasteiger partial charge in [-0.3, -0.25) is 0 Å². The average molecular weight is 729 g/mol. The lowest BCUT2D eigenvalue weighted by Crippen LogP contribution is -2.23. The Labute approximate surface area is 331 Å². The van der Waals surface area contributed by atoms with Crippen molar-refractivity contribution in [2.45, 2.75) is 12.3 Å². The largest absolute Gasteiger partial charge is 0.456 e. The molecule has 0 N–H and O–H groups in total. The van der Waals surface area contributed by atoms with Crippen LogP contribution in [0.2, 0.25) is 0 Å². The van der Waals surface area contributed by atoms with E-state index in [-0.39, 0.29) is 5.41 Å². The monoisotopic (exact) mass is 728 g/mol. The van der Waals surface area contributed by atoms with Crippen molar-refractivity contribution >= 4 is 21.9 Å². The molecule has 0 unspecified atom stereocenters. The fourth-order valence-electron chi connectivity index (χ4n) is 8.96. The Balaban J connectivity index is 1.00. The summed E-state index contributed by atoms with van der Waals surface area (Å²) in [5.74, 6) is 0.696. The standard InChI is InChI=1S/C54H36N2O/c1-54(47-23-10-6-19-42(47)43-20-7-11-24-48(43)54)46-22-9-5-18-41(46)39-16-13-17-40(32-39)50-34-49(55-53(56-50)37-14-3-2-4-15-37)36-28-26-35(27-29-36)38-30-31-52-45(33-38)44-21-8-12-25-51(44)57-52/h2-34H,1H3. The third-order valence-corrected chi connectivity index (χ3v) is 11.8. The van der Waals surface area contributed by atoms with Gasteiger partial charge in [0, 0.05) is 32.9 Å². The lowest BCUT2D eigenvalue weighted by atomic mass is 9.71. The van der Waals surface area contributed by atoms with Crippen LogP contribution in [0.25, 0.3) is 89.2 Å². The van der Waals surface area contributed by atoms with Gasteiger partial charge in [0.25, 0.3) is 0 Å². The van der Waals surface area contributed by atoms with E-state index in [0.717, 1.165) is 66.7 Å². The molecule has 2 heterocycles. The first kappa shape index (κ1) is 33.0. The Hall–Kier alpha value is -7.36. The van der Waals surface area contributed by atoms with Crippen molar-refractivity contribution in [3.05, 3.63) is 217 Å². The molecule has 3 heteroatoms. The molecule has 0 aliphatic heterocycles. The van der Waals surface area contributed by atoms with Crippen LogP contribution in [-0.4, -0.2) is 9.97 Å². The highest BCUT2D eigenvalue weighted by Gasteiger charge is 2.41. The fraction of sp³-hybridized carbons (Fsp3) is 0.0370. The van der Waals surface area contributed by atoms with Gasteiger partial charge in [0.2, 0.25) is 0 Å². The highest BCUT2D eigenvalue weighted by Crippen LogP contribution is 2.54. The van der Waals surface area contributed by atoms with Gasteiger partial charge in [0.1, 0.15) is 11.2 Å². The summed E-state index contributed by atoms with van der Waals surface area (Å²) in [4.78, 5) is 10.3. The van der Waals surface area contributed by atoms with E-state index in [0.29, 0.717) is 5.82 Å². The van der Waals surface area contributed by atoms with Crippen LogP contribution in [0.4, 0.5) is 0 Å². The van der Waals surface area contributed by atoms with E-state index in [9.17, 15) is 0 Å². The molecule has 57 heavy (non-hydrogen) atoms. The predicted molar refractivity (Wildman–Crippen MR) is 234 cm³/mol. The summed E-state index contributed by atoms with van der Waals surface area (Å²) in [7, 11) is 0. The molecule has 0 amide bonds. The van der Waals surface area contributed by atoms with Gasteiger partial charge >= 0.3 is 0 Å². The van der Waals surface area contributed by atoms with E-state index in [1.54, 1.807) is 0 Å². The summed E-state index contributed by atoms with van der Waals surface area (Å²) in [6.07, 6.45) is 0. The number of hydrogen-bond donors (Lipinski definition) is 0. The number of nitrogens with zero attached hydrogens (tertiary/aromatic N) is 2. The summed E-state index contributed by atoms with van der Waals surface area (Å²) < 4.78 is 6.09. The molecule has 0 radical (unpaired) electrons. The van der Waals surface area contributed by atoms with E-state index in [1.807, 2.05) is 30.3 Å². The normalized spacial score (nSPS) is 12.8. The maximum Gasteiger partial charge on any atom is 0.160 e. The van der Waals surface area contributed by atoms with E-state index in [1.165, 1.54) is 33.4 Å². The van der Waals surface area contributed by atoms with E-state index < -0.39 is 0 Å². The van der Waals surface area contributed by atoms with Crippen molar-refractivity contribution in [3.8, 4) is 67.3 Å². The maximum absolute atomic E-state index is 6.09. The summed E-state index contributed by atoms with van der Waals surface area (Å²) in [5.41, 5.74) is 17.5. The first-order valence-electron chi connectivity index (χ1n) is 19.5. The van der Waals surface area contributed by atoms with Gasteiger partial charge < -0.3 is 4.42 Å². The third kappa shape index (κ3) is 5.43. The van der Waals surface area contributed by atoms with Crippen molar-refractivity contribution in [1.29, 1.82) is 0 Å². The maximum atomic E-state index is 6.09. The van der Waals surface area contributed by atoms with Crippen LogP contribution < -0.4 is 0 Å². The van der Waals surface area contributed by atoms with Gasteiger partial charge in [-0.05, 0) is 87.3 Å². The van der Waals surface area contributed by atoms with Gasteiger partial charge in [-0.15, -0.1) is 0 Å². The Kier molecular flexibility index (Phi) is 7.61. The summed E-state index contributed by atoms with van der Waals surface area (Å²) in [5, 5.41) is 2.25. The zero-order valence-corrected chi connectivity index (χ0v) is 31.4. The van der Waals surface area contributed by atoms with Crippen LogP contribution in [0.3, 0.4) is 0 Å². The first-order chi connectivity index (χ1) is 28.1. The van der Waals surface area contributed by atoms with Gasteiger partial charge in [-0.2, -0.15) is 0 Å². The van der Waals surface area contributed by atoms with Gasteiger partial charge in [-0.25, -0.2) is 9.97 Å². The second kappa shape index (κ2) is 13.1. The van der Waals surface area contributed by atoms with Crippen LogP contribution in [-0.2, 0) is 5.41 Å². The lowest BCUT2D eigenvalue weighted by molar-refractivity contribution is 0.669. The van der Waals surface area contributed by atoms with E-state index >= 15 is 0 Å². The molecule has 3 nitrogen and oxygen atoms in total. The molecule has 0 atom stereocenters. The number of rotatable bonds is 6. The van der Waals surface area contributed by atoms with Crippen molar-refractivity contribution in [1.82, 2.24) is 9.97 Å². The number of hydrogen-bond acceptors (Lipinski definition) is 3. The number of para-hydroxylation sites is 1. The van der Waals surface area contributed by atoms with Crippen LogP contribution >= 0.6 is 0 Å². The number of benzene rings is 8. The van der Waals surface area contributed by atoms with Crippen molar-refractivity contribution in [2.75, 3.05) is 0 Å². The minimum atomic E-state index is -0.313. The molecule has 11 rings (SSSR count). The molecule has 0 fully saturated rings. The van der Waals surface area contributed by atoms with E-state index in [2.05, 4.69) is 177 Å². The topological polar surface area (TPSA) is 38.9 Å². The van der Waals surface area contributed by atoms with E-state index in [4.69, 9.17) is 14.4 Å². The quantitative estimate of drug-likeness (QED) is 0.171. The zero-order chi connectivity index (χ0) is 37.9. The van der Waals surface area contributed by atoms with Crippen LogP contribution in [0.1, 0.15) is 23.6 Å². The van der Waals surface area contributed by atoms with Crippen molar-refractivity contribution in [3.63, 3.8) is 0 Å². The lowest BCUT2D eigenvalue weighted by Gasteiger charge is -2.30. The van der Waals surface area contributed by atoms with Crippen LogP contribution in [0, 0.1) is 0 Å². The minimum absolute atomic E-state index is 0.313. The Morgan fingerprint density at radius 3 is 1.61 bits per heavy atom. The number of fused-ring (bicyclic) bond motifs is 6. The SMILES string of the molecule is CC1(c2ccccc2-c2cccc(-c3cc(-c4ccc(-c5ccc6oc7ccccc7c6c5)cc4)nc(-c4ccccc4)n3)c2)c2ccccc2-c2ccccc21. The third-order valence-electron chi connectivity index (χ3n) is 11.8. The molecule has 1 aliphatic rings. The summed E-state index contributed by atoms with van der Waals surface area (Å²) in [6.45, 7) is 2.38. The highest BCUT2D eigenvalue weighted by atomic mass is 16.3. The molecule has 0 bridgehead atoms. The van der Waals surface area contributed by atoms with Crippen LogP contribution in [0.15, 0.2) is 205 Å². The molecule has 10 aromatic rings. The Bertz CT molecular complexity index is 3090. The van der Waals surface area contributed by atoms with Crippen LogP contribution in [0.5, 0.6) is 0 Å². The molecule has 0 saturated carbocycles. The molecule has 2 aromatic heterocycles. The predicted octanol–water partition coefficient (Wildman–Crippen LogP) is 14.0. The molecule has 8 aromatic carbocycles. The second-order valence-electron chi connectivity index (χ2n) is 15.1. The summed E-state index contributed by atoms with van der Waals surface area (Å²) >= 11 is 0. The van der Waals surface area contributed by atoms with Gasteiger partial charge in [0.05, 0.1) is 11.4 Å². The highest BCUT2D eigenvalue weighted by molar-refractivity contribution is 6.06. The first-order valence-corrected chi connectivity index (χ1v) is 19.5. The molecular formula is C54H36N2O. The average Bonchev–Trinajstić information content (AvgIpc) is 3.79. The summed E-state index contributed by atoms with van der Waals surface area (Å²) in [6, 6.07) is 71.1. The molecular weight excluding hydrogens is 693 g/mol. The smallest absolute Gasteiger partial charge is 0.160 e. The van der Waals surface area contributed by atoms with Crippen molar-refractivity contribution < 1.29 is 4.42 Å². The second-order valence-corrected chi connectivity index (χ2v) is 15.1. The number of aromatic nitrogens is 2. The van der Waals surface area contributed by atoms with Gasteiger partial charge in [-0.1, -0.05) is 170 Å². The zero-order valence-electron chi connectivity index (χ0n) is 31.4. The Morgan fingerprint density at radius 2 is 0.877 bits per heavy atom. The minimum Gasteiger partial charge on any atom is -0.456 e. The molecule has 268 valence electrons. The van der Waals surface area contributed by atoms with Crippen molar-refractivity contribution in [2.24, 2.45) is 0 Å². The molecule has 0 saturated heterocycles.